The molecule has 0 saturated heterocycles. The predicted molar refractivity (Wildman–Crippen MR) is 188 cm³/mol. The molecule has 0 fully saturated rings. The van der Waals surface area contributed by atoms with Crippen LogP contribution in [0.15, 0.2) is 164 Å². The molecule has 0 aliphatic carbocycles. The van der Waals surface area contributed by atoms with E-state index in [1.54, 1.807) is 11.3 Å². The van der Waals surface area contributed by atoms with E-state index >= 15 is 0 Å². The van der Waals surface area contributed by atoms with Crippen LogP contribution < -0.4 is 0 Å². The van der Waals surface area contributed by atoms with Crippen molar-refractivity contribution in [3.8, 4) is 66.7 Å². The van der Waals surface area contributed by atoms with Gasteiger partial charge in [0, 0.05) is 22.3 Å². The number of nitrogens with zero attached hydrogens (tertiary/aromatic N) is 3. The van der Waals surface area contributed by atoms with E-state index < -0.39 is 0 Å². The summed E-state index contributed by atoms with van der Waals surface area (Å²) in [5.74, 6) is 0.698. The summed E-state index contributed by atoms with van der Waals surface area (Å²) in [5.41, 5.74) is 11.6. The summed E-state index contributed by atoms with van der Waals surface area (Å²) < 4.78 is 1.15. The van der Waals surface area contributed by atoms with Crippen molar-refractivity contribution in [3.63, 3.8) is 0 Å². The van der Waals surface area contributed by atoms with Gasteiger partial charge in [0.05, 0.1) is 21.6 Å². The average Bonchev–Trinajstić information content (AvgIpc) is 3.56. The van der Waals surface area contributed by atoms with Gasteiger partial charge in [-0.15, -0.1) is 11.3 Å². The highest BCUT2D eigenvalue weighted by Crippen LogP contribution is 2.37. The zero-order chi connectivity index (χ0) is 30.0. The number of rotatable bonds is 6. The zero-order valence-corrected chi connectivity index (χ0v) is 25.2. The van der Waals surface area contributed by atoms with Gasteiger partial charge in [0.2, 0.25) is 0 Å². The van der Waals surface area contributed by atoms with Crippen molar-refractivity contribution >= 4 is 21.6 Å². The number of fused-ring (bicyclic) bond motifs is 1. The predicted octanol–water partition coefficient (Wildman–Crippen LogP) is 11.1. The van der Waals surface area contributed by atoms with Crippen LogP contribution in [0.4, 0.5) is 0 Å². The Bertz CT molecular complexity index is 2240. The Hall–Kier alpha value is -5.71. The zero-order valence-electron chi connectivity index (χ0n) is 24.3. The van der Waals surface area contributed by atoms with Crippen molar-refractivity contribution in [2.75, 3.05) is 0 Å². The SMILES string of the molecule is c1ccc(-c2ccc(-c3cc(-c4ccccc4)nc(-c4ccccc4-c4ccc5nc(-c6ccccc6)sc5c4)n3)cc2)cc1. The first kappa shape index (κ1) is 26.9. The topological polar surface area (TPSA) is 38.7 Å². The lowest BCUT2D eigenvalue weighted by atomic mass is 9.98. The molecular weight excluding hydrogens is 567 g/mol. The van der Waals surface area contributed by atoms with Gasteiger partial charge in [-0.3, -0.25) is 0 Å². The third-order valence-corrected chi connectivity index (χ3v) is 9.04. The highest BCUT2D eigenvalue weighted by Gasteiger charge is 2.16. The van der Waals surface area contributed by atoms with Crippen LogP contribution in [0.25, 0.3) is 76.9 Å². The third-order valence-electron chi connectivity index (χ3n) is 7.97. The second-order valence-electron chi connectivity index (χ2n) is 10.9. The molecule has 212 valence electrons. The molecule has 0 aliphatic heterocycles. The van der Waals surface area contributed by atoms with E-state index in [9.17, 15) is 0 Å². The maximum absolute atomic E-state index is 5.17. The lowest BCUT2D eigenvalue weighted by Gasteiger charge is -2.13. The molecule has 45 heavy (non-hydrogen) atoms. The van der Waals surface area contributed by atoms with Crippen molar-refractivity contribution in [1.29, 1.82) is 0 Å². The number of hydrogen-bond donors (Lipinski definition) is 0. The molecule has 0 amide bonds. The number of hydrogen-bond acceptors (Lipinski definition) is 4. The summed E-state index contributed by atoms with van der Waals surface area (Å²) in [5, 5.41) is 1.03. The molecule has 0 saturated carbocycles. The van der Waals surface area contributed by atoms with Gasteiger partial charge >= 0.3 is 0 Å². The van der Waals surface area contributed by atoms with Crippen LogP contribution in [-0.4, -0.2) is 15.0 Å². The summed E-state index contributed by atoms with van der Waals surface area (Å²) in [6, 6.07) is 56.8. The fourth-order valence-electron chi connectivity index (χ4n) is 5.66. The highest BCUT2D eigenvalue weighted by atomic mass is 32.1. The first-order valence-corrected chi connectivity index (χ1v) is 15.8. The second kappa shape index (κ2) is 11.8. The average molecular weight is 594 g/mol. The molecule has 0 aliphatic rings. The van der Waals surface area contributed by atoms with E-state index in [0.717, 1.165) is 60.0 Å². The van der Waals surface area contributed by atoms with E-state index in [-0.39, 0.29) is 0 Å². The summed E-state index contributed by atoms with van der Waals surface area (Å²) in [6.45, 7) is 0. The lowest BCUT2D eigenvalue weighted by Crippen LogP contribution is -1.97. The Balaban J connectivity index is 1.24. The summed E-state index contributed by atoms with van der Waals surface area (Å²) >= 11 is 1.72. The highest BCUT2D eigenvalue weighted by molar-refractivity contribution is 7.21. The van der Waals surface area contributed by atoms with Gasteiger partial charge in [0.25, 0.3) is 0 Å². The summed E-state index contributed by atoms with van der Waals surface area (Å²) in [4.78, 5) is 15.2. The van der Waals surface area contributed by atoms with Gasteiger partial charge in [0.15, 0.2) is 5.82 Å². The summed E-state index contributed by atoms with van der Waals surface area (Å²) in [6.07, 6.45) is 0. The Morgan fingerprint density at radius 1 is 0.356 bits per heavy atom. The molecule has 4 heteroatoms. The monoisotopic (exact) mass is 593 g/mol. The minimum atomic E-state index is 0.698. The van der Waals surface area contributed by atoms with E-state index in [4.69, 9.17) is 15.0 Å². The molecule has 2 aromatic heterocycles. The van der Waals surface area contributed by atoms with E-state index in [2.05, 4.69) is 133 Å². The molecular formula is C41H27N3S. The fourth-order valence-corrected chi connectivity index (χ4v) is 6.67. The molecule has 8 aromatic rings. The maximum Gasteiger partial charge on any atom is 0.161 e. The third kappa shape index (κ3) is 5.44. The molecule has 0 bridgehead atoms. The Kier molecular flexibility index (Phi) is 7.02. The number of thiazole rings is 1. The maximum atomic E-state index is 5.17. The first-order chi connectivity index (χ1) is 22.3. The van der Waals surface area contributed by atoms with Crippen LogP contribution in [0, 0.1) is 0 Å². The molecule has 3 nitrogen and oxygen atoms in total. The molecule has 0 spiro atoms. The molecule has 6 aromatic carbocycles. The van der Waals surface area contributed by atoms with E-state index in [1.165, 1.54) is 11.1 Å². The molecule has 8 rings (SSSR count). The van der Waals surface area contributed by atoms with Gasteiger partial charge in [-0.05, 0) is 40.5 Å². The Labute approximate surface area is 266 Å². The van der Waals surface area contributed by atoms with Crippen LogP contribution in [0.1, 0.15) is 0 Å². The van der Waals surface area contributed by atoms with E-state index in [0.29, 0.717) is 5.82 Å². The van der Waals surface area contributed by atoms with Gasteiger partial charge in [-0.1, -0.05) is 146 Å². The van der Waals surface area contributed by atoms with E-state index in [1.807, 2.05) is 30.3 Å². The van der Waals surface area contributed by atoms with Crippen molar-refractivity contribution < 1.29 is 0 Å². The van der Waals surface area contributed by atoms with Crippen molar-refractivity contribution in [3.05, 3.63) is 164 Å². The first-order valence-electron chi connectivity index (χ1n) is 14.9. The Morgan fingerprint density at radius 3 is 1.51 bits per heavy atom. The normalized spacial score (nSPS) is 11.1. The number of aromatic nitrogens is 3. The van der Waals surface area contributed by atoms with Crippen LogP contribution in [0.2, 0.25) is 0 Å². The van der Waals surface area contributed by atoms with Gasteiger partial charge in [-0.2, -0.15) is 0 Å². The number of benzene rings is 6. The van der Waals surface area contributed by atoms with Gasteiger partial charge in [-0.25, -0.2) is 15.0 Å². The van der Waals surface area contributed by atoms with Gasteiger partial charge < -0.3 is 0 Å². The van der Waals surface area contributed by atoms with Crippen LogP contribution in [0.5, 0.6) is 0 Å². The smallest absolute Gasteiger partial charge is 0.161 e. The molecule has 0 radical (unpaired) electrons. The Morgan fingerprint density at radius 2 is 0.844 bits per heavy atom. The minimum Gasteiger partial charge on any atom is -0.236 e. The second-order valence-corrected chi connectivity index (χ2v) is 11.9. The largest absolute Gasteiger partial charge is 0.236 e. The van der Waals surface area contributed by atoms with Gasteiger partial charge in [0.1, 0.15) is 5.01 Å². The molecule has 0 atom stereocenters. The van der Waals surface area contributed by atoms with Crippen LogP contribution >= 0.6 is 11.3 Å². The molecule has 0 unspecified atom stereocenters. The van der Waals surface area contributed by atoms with Crippen molar-refractivity contribution in [1.82, 2.24) is 15.0 Å². The van der Waals surface area contributed by atoms with Crippen molar-refractivity contribution in [2.24, 2.45) is 0 Å². The van der Waals surface area contributed by atoms with Crippen molar-refractivity contribution in [2.45, 2.75) is 0 Å². The van der Waals surface area contributed by atoms with Crippen LogP contribution in [-0.2, 0) is 0 Å². The molecule has 2 heterocycles. The minimum absolute atomic E-state index is 0.698. The lowest BCUT2D eigenvalue weighted by molar-refractivity contribution is 1.18. The standard InChI is InChI=1S/C41H27N3S/c1-4-12-28(13-5-1)29-20-22-31(23-21-29)38-27-37(30-14-6-2-7-15-30)42-40(43-38)35-19-11-10-18-34(35)33-24-25-36-39(26-33)45-41(44-36)32-16-8-3-9-17-32/h1-27H. The fraction of sp³-hybridized carbons (Fsp3) is 0. The quantitative estimate of drug-likeness (QED) is 0.192. The van der Waals surface area contributed by atoms with Crippen LogP contribution in [0.3, 0.4) is 0 Å². The summed E-state index contributed by atoms with van der Waals surface area (Å²) in [7, 11) is 0. The molecule has 0 N–H and O–H groups in total.